The Hall–Kier alpha value is -2.94. The minimum Gasteiger partial charge on any atom is -0.390 e. The highest BCUT2D eigenvalue weighted by atomic mass is 35.5. The van der Waals surface area contributed by atoms with Gasteiger partial charge in [-0.05, 0) is 73.3 Å². The van der Waals surface area contributed by atoms with Crippen LogP contribution in [0, 0.1) is 5.92 Å². The first-order chi connectivity index (χ1) is 20.3. The number of nitrogens with zero attached hydrogens (tertiary/aromatic N) is 2. The maximum Gasteiger partial charge on any atom is 0.251 e. The number of carbonyl (C=O) groups is 3. The largest absolute Gasteiger partial charge is 0.390 e. The lowest BCUT2D eigenvalue weighted by molar-refractivity contribution is -0.165. The quantitative estimate of drug-likeness (QED) is 0.376. The molecule has 0 radical (unpaired) electrons. The van der Waals surface area contributed by atoms with E-state index in [0.29, 0.717) is 24.9 Å². The summed E-state index contributed by atoms with van der Waals surface area (Å²) in [6, 6.07) is 15.5. The molecule has 3 amide bonds. The first kappa shape index (κ1) is 33.0. The first-order valence-electron chi connectivity index (χ1n) is 15.8. The van der Waals surface area contributed by atoms with Crippen molar-refractivity contribution in [2.24, 2.45) is 5.92 Å². The molecule has 2 heterocycles. The van der Waals surface area contributed by atoms with Crippen molar-refractivity contribution in [3.63, 3.8) is 0 Å². The lowest BCUT2D eigenvalue weighted by Crippen LogP contribution is -2.75. The highest BCUT2D eigenvalue weighted by Crippen LogP contribution is 2.36. The molecule has 43 heavy (non-hydrogen) atoms. The Bertz CT molecular complexity index is 1240. The van der Waals surface area contributed by atoms with Crippen LogP contribution < -0.4 is 10.6 Å². The van der Waals surface area contributed by atoms with Crippen LogP contribution in [0.25, 0.3) is 0 Å². The summed E-state index contributed by atoms with van der Waals surface area (Å²) in [6.45, 7) is 4.93. The molecule has 2 aromatic carbocycles. The molecule has 5 rings (SSSR count). The third kappa shape index (κ3) is 7.24. The van der Waals surface area contributed by atoms with Gasteiger partial charge in [0.2, 0.25) is 11.8 Å². The van der Waals surface area contributed by atoms with Gasteiger partial charge >= 0.3 is 0 Å². The van der Waals surface area contributed by atoms with Crippen LogP contribution in [-0.2, 0) is 22.6 Å². The van der Waals surface area contributed by atoms with Gasteiger partial charge < -0.3 is 20.6 Å². The molecule has 9 heteroatoms. The molecule has 2 aromatic rings. The predicted molar refractivity (Wildman–Crippen MR) is 170 cm³/mol. The van der Waals surface area contributed by atoms with E-state index in [9.17, 15) is 19.5 Å². The Morgan fingerprint density at radius 1 is 1.00 bits per heavy atom. The highest BCUT2D eigenvalue weighted by molar-refractivity contribution is 6.00. The maximum atomic E-state index is 13.8. The Kier molecular flexibility index (Phi) is 11.3. The minimum absolute atomic E-state index is 0. The van der Waals surface area contributed by atoms with Crippen LogP contribution in [0.1, 0.15) is 85.3 Å². The first-order valence-corrected chi connectivity index (χ1v) is 15.8. The zero-order valence-corrected chi connectivity index (χ0v) is 26.3. The van der Waals surface area contributed by atoms with Crippen LogP contribution in [-0.4, -0.2) is 77.0 Å². The number of likely N-dealkylation sites (tertiary alicyclic amines) is 1. The lowest BCUT2D eigenvalue weighted by Gasteiger charge is -2.52. The Morgan fingerprint density at radius 2 is 1.58 bits per heavy atom. The third-order valence-corrected chi connectivity index (χ3v) is 9.68. The second-order valence-electron chi connectivity index (χ2n) is 12.4. The number of benzene rings is 2. The van der Waals surface area contributed by atoms with E-state index in [-0.39, 0.29) is 36.0 Å². The highest BCUT2D eigenvalue weighted by Gasteiger charge is 2.55. The molecule has 0 bridgehead atoms. The Balaban J connectivity index is 0.00000423. The van der Waals surface area contributed by atoms with Crippen molar-refractivity contribution in [3.8, 4) is 0 Å². The van der Waals surface area contributed by atoms with Crippen LogP contribution in [0.5, 0.6) is 0 Å². The molecule has 3 N–H and O–H groups in total. The Morgan fingerprint density at radius 3 is 2.16 bits per heavy atom. The number of piperidine rings is 1. The topological polar surface area (TPSA) is 102 Å². The predicted octanol–water partition coefficient (Wildman–Crippen LogP) is 4.07. The zero-order valence-electron chi connectivity index (χ0n) is 25.5. The van der Waals surface area contributed by atoms with E-state index in [2.05, 4.69) is 46.7 Å². The number of halogens is 1. The molecule has 3 fully saturated rings. The van der Waals surface area contributed by atoms with Gasteiger partial charge in [-0.1, -0.05) is 62.6 Å². The lowest BCUT2D eigenvalue weighted by atomic mass is 9.80. The van der Waals surface area contributed by atoms with Crippen molar-refractivity contribution < 1.29 is 19.5 Å². The van der Waals surface area contributed by atoms with Crippen molar-refractivity contribution >= 4 is 30.1 Å². The number of hydrogen-bond acceptors (Lipinski definition) is 5. The summed E-state index contributed by atoms with van der Waals surface area (Å²) in [5.41, 5.74) is 3.41. The number of piperazine rings is 1. The molecule has 0 aromatic heterocycles. The summed E-state index contributed by atoms with van der Waals surface area (Å²) in [5.74, 6) is -0.187. The molecule has 2 atom stereocenters. The smallest absolute Gasteiger partial charge is 0.251 e. The van der Waals surface area contributed by atoms with Crippen LogP contribution in [0.2, 0.25) is 0 Å². The van der Waals surface area contributed by atoms with Crippen molar-refractivity contribution in [1.29, 1.82) is 0 Å². The normalized spacial score (nSPS) is 21.4. The molecule has 8 nitrogen and oxygen atoms in total. The van der Waals surface area contributed by atoms with Gasteiger partial charge in [0.25, 0.3) is 5.91 Å². The number of carbonyl (C=O) groups excluding carboxylic acids is 3. The fourth-order valence-corrected chi connectivity index (χ4v) is 7.03. The second-order valence-corrected chi connectivity index (χ2v) is 12.4. The fourth-order valence-electron chi connectivity index (χ4n) is 7.03. The van der Waals surface area contributed by atoms with Crippen LogP contribution in [0.3, 0.4) is 0 Å². The van der Waals surface area contributed by atoms with E-state index in [1.54, 1.807) is 7.05 Å². The van der Waals surface area contributed by atoms with E-state index < -0.39 is 17.7 Å². The minimum atomic E-state index is -0.828. The second kappa shape index (κ2) is 14.7. The summed E-state index contributed by atoms with van der Waals surface area (Å²) in [5, 5.41) is 16.7. The van der Waals surface area contributed by atoms with Gasteiger partial charge in [0.1, 0.15) is 11.6 Å². The molecule has 3 aliphatic rings. The molecular weight excluding hydrogens is 564 g/mol. The summed E-state index contributed by atoms with van der Waals surface area (Å²) in [7, 11) is 1.63. The number of aliphatic hydroxyl groups excluding tert-OH is 1. The molecular formula is C34H47ClN4O4. The summed E-state index contributed by atoms with van der Waals surface area (Å²) in [4.78, 5) is 43.4. The average molecular weight is 611 g/mol. The van der Waals surface area contributed by atoms with Gasteiger partial charge in [0.05, 0.1) is 6.10 Å². The van der Waals surface area contributed by atoms with Gasteiger partial charge in [-0.25, -0.2) is 0 Å². The molecule has 1 aliphatic carbocycles. The van der Waals surface area contributed by atoms with Crippen molar-refractivity contribution in [2.75, 3.05) is 26.7 Å². The van der Waals surface area contributed by atoms with Crippen molar-refractivity contribution in [1.82, 2.24) is 20.4 Å². The monoisotopic (exact) mass is 610 g/mol. The zero-order chi connectivity index (χ0) is 29.7. The average Bonchev–Trinajstić information content (AvgIpc) is 3.56. The molecule has 2 aliphatic heterocycles. The summed E-state index contributed by atoms with van der Waals surface area (Å²) < 4.78 is 0. The summed E-state index contributed by atoms with van der Waals surface area (Å²) >= 11 is 0. The number of amides is 3. The number of rotatable bonds is 10. The van der Waals surface area contributed by atoms with Crippen LogP contribution >= 0.6 is 12.4 Å². The van der Waals surface area contributed by atoms with Gasteiger partial charge in [0.15, 0.2) is 0 Å². The molecule has 1 spiro atoms. The third-order valence-electron chi connectivity index (χ3n) is 9.68. The van der Waals surface area contributed by atoms with Crippen molar-refractivity contribution in [3.05, 3.63) is 70.8 Å². The maximum absolute atomic E-state index is 13.8. The SMILES string of the molecule is CCCCN1C(=O)[C@@H]([C@H](O)C2CCCC2)NC(=O)C12CCN(Cc1ccc(Cc3ccc(C(=O)NC)cc3)cc1)CC2.Cl. The number of unbranched alkanes of at least 4 members (excludes halogenated alkanes) is 1. The molecule has 234 valence electrons. The molecule has 0 unspecified atom stereocenters. The van der Waals surface area contributed by atoms with Crippen LogP contribution in [0.4, 0.5) is 0 Å². The van der Waals surface area contributed by atoms with E-state index in [0.717, 1.165) is 70.1 Å². The Labute approximate surface area is 262 Å². The standard InChI is InChI=1S/C34H46N4O4.ClH/c1-3-4-19-38-32(41)29(30(39)27-7-5-6-8-27)36-33(42)34(38)17-20-37(21-18-34)23-26-11-9-24(10-12-26)22-25-13-15-28(16-14-25)31(40)35-2;/h9-16,27,29-30,39H,3-8,17-23H2,1-2H3,(H,35,40)(H,36,42);1H/t29-,30-;/m1./s1. The number of nitrogens with one attached hydrogen (secondary N) is 2. The van der Waals surface area contributed by atoms with Gasteiger partial charge in [-0.3, -0.25) is 19.3 Å². The van der Waals surface area contributed by atoms with E-state index in [4.69, 9.17) is 0 Å². The summed E-state index contributed by atoms with van der Waals surface area (Å²) in [6.07, 6.45) is 6.98. The number of hydrogen-bond donors (Lipinski definition) is 3. The van der Waals surface area contributed by atoms with Crippen molar-refractivity contribution in [2.45, 2.75) is 88.9 Å². The van der Waals surface area contributed by atoms with Crippen LogP contribution in [0.15, 0.2) is 48.5 Å². The van der Waals surface area contributed by atoms with E-state index >= 15 is 0 Å². The number of aliphatic hydroxyl groups is 1. The van der Waals surface area contributed by atoms with Gasteiger partial charge in [0, 0.05) is 38.8 Å². The van der Waals surface area contributed by atoms with Gasteiger partial charge in [-0.15, -0.1) is 12.4 Å². The fraction of sp³-hybridized carbons (Fsp3) is 0.559. The van der Waals surface area contributed by atoms with Gasteiger partial charge in [-0.2, -0.15) is 0 Å². The van der Waals surface area contributed by atoms with E-state index in [1.165, 1.54) is 11.1 Å². The molecule has 2 saturated heterocycles. The molecule has 1 saturated carbocycles. The van der Waals surface area contributed by atoms with E-state index in [1.807, 2.05) is 29.2 Å².